The first kappa shape index (κ1) is 13.2. The quantitative estimate of drug-likeness (QED) is 0.744. The Morgan fingerprint density at radius 1 is 1.30 bits per heavy atom. The second kappa shape index (κ2) is 6.12. The molecule has 106 valence electrons. The fraction of sp³-hybridized carbons (Fsp3) is 0.471. The minimum atomic E-state index is 0.172. The lowest BCUT2D eigenvalue weighted by molar-refractivity contribution is -0.121. The highest BCUT2D eigenvalue weighted by molar-refractivity contribution is 5.84. The molecule has 0 saturated heterocycles. The number of aromatic nitrogens is 1. The molecule has 0 radical (unpaired) electrons. The summed E-state index contributed by atoms with van der Waals surface area (Å²) < 4.78 is 0. The van der Waals surface area contributed by atoms with Crippen LogP contribution in [0.25, 0.3) is 10.9 Å². The Labute approximate surface area is 119 Å². The van der Waals surface area contributed by atoms with E-state index in [-0.39, 0.29) is 5.91 Å². The van der Waals surface area contributed by atoms with Crippen molar-refractivity contribution in [3.05, 3.63) is 36.0 Å². The number of rotatable bonds is 7. The third-order valence-electron chi connectivity index (χ3n) is 4.10. The summed E-state index contributed by atoms with van der Waals surface area (Å²) in [7, 11) is 0. The molecule has 0 atom stereocenters. The van der Waals surface area contributed by atoms with Crippen LogP contribution in [0.4, 0.5) is 0 Å². The molecular formula is C17H22N2O. The van der Waals surface area contributed by atoms with Gasteiger partial charge in [-0.3, -0.25) is 4.79 Å². The standard InChI is InChI=1S/C17H22N2O/c20-17(18-11-3-4-13-7-8-13)10-9-14-12-19-16-6-2-1-5-15(14)16/h1-2,5-6,12-13,19H,3-4,7-11H2,(H,18,20). The molecule has 0 unspecified atom stereocenters. The number of nitrogens with one attached hydrogen (secondary N) is 2. The lowest BCUT2D eigenvalue weighted by Gasteiger charge is -2.04. The average Bonchev–Trinajstić information content (AvgIpc) is 3.20. The zero-order valence-electron chi connectivity index (χ0n) is 11.8. The Hall–Kier alpha value is -1.77. The summed E-state index contributed by atoms with van der Waals surface area (Å²) in [4.78, 5) is 15.1. The molecule has 1 aliphatic rings. The second-order valence-corrected chi connectivity index (χ2v) is 5.80. The van der Waals surface area contributed by atoms with Crippen molar-refractivity contribution < 1.29 is 4.79 Å². The summed E-state index contributed by atoms with van der Waals surface area (Å²) in [6, 6.07) is 8.23. The minimum Gasteiger partial charge on any atom is -0.361 e. The van der Waals surface area contributed by atoms with E-state index >= 15 is 0 Å². The molecule has 0 aliphatic heterocycles. The monoisotopic (exact) mass is 270 g/mol. The maximum atomic E-state index is 11.8. The fourth-order valence-corrected chi connectivity index (χ4v) is 2.70. The molecule has 1 aromatic heterocycles. The SMILES string of the molecule is O=C(CCc1c[nH]c2ccccc12)NCCCC1CC1. The predicted octanol–water partition coefficient (Wildman–Crippen LogP) is 3.41. The van der Waals surface area contributed by atoms with Crippen molar-refractivity contribution in [3.8, 4) is 0 Å². The van der Waals surface area contributed by atoms with Gasteiger partial charge in [-0.2, -0.15) is 0 Å². The first-order valence-electron chi connectivity index (χ1n) is 7.64. The summed E-state index contributed by atoms with van der Waals surface area (Å²) in [6.45, 7) is 0.837. The largest absolute Gasteiger partial charge is 0.361 e. The van der Waals surface area contributed by atoms with Crippen molar-refractivity contribution in [1.29, 1.82) is 0 Å². The van der Waals surface area contributed by atoms with Crippen LogP contribution in [-0.2, 0) is 11.2 Å². The molecule has 1 aliphatic carbocycles. The normalized spacial score (nSPS) is 14.6. The zero-order valence-corrected chi connectivity index (χ0v) is 11.8. The molecule has 1 fully saturated rings. The molecule has 0 bridgehead atoms. The molecular weight excluding hydrogens is 248 g/mol. The molecule has 3 nitrogen and oxygen atoms in total. The number of hydrogen-bond donors (Lipinski definition) is 2. The van der Waals surface area contributed by atoms with E-state index in [0.29, 0.717) is 6.42 Å². The van der Waals surface area contributed by atoms with Crippen LogP contribution in [0.1, 0.15) is 37.7 Å². The van der Waals surface area contributed by atoms with Gasteiger partial charge in [-0.15, -0.1) is 0 Å². The molecule has 3 heteroatoms. The number of amides is 1. The van der Waals surface area contributed by atoms with Crippen LogP contribution in [-0.4, -0.2) is 17.4 Å². The summed E-state index contributed by atoms with van der Waals surface area (Å²) in [5.41, 5.74) is 2.38. The molecule has 2 aromatic rings. The molecule has 1 heterocycles. The van der Waals surface area contributed by atoms with Crippen molar-refractivity contribution in [2.45, 2.75) is 38.5 Å². The number of hydrogen-bond acceptors (Lipinski definition) is 1. The lowest BCUT2D eigenvalue weighted by atomic mass is 10.1. The van der Waals surface area contributed by atoms with Gasteiger partial charge < -0.3 is 10.3 Å². The van der Waals surface area contributed by atoms with Gasteiger partial charge in [0.15, 0.2) is 0 Å². The Morgan fingerprint density at radius 3 is 3.00 bits per heavy atom. The number of aryl methyl sites for hydroxylation is 1. The highest BCUT2D eigenvalue weighted by atomic mass is 16.1. The van der Waals surface area contributed by atoms with E-state index in [9.17, 15) is 4.79 Å². The number of aromatic amines is 1. The van der Waals surface area contributed by atoms with Gasteiger partial charge in [0, 0.05) is 30.1 Å². The van der Waals surface area contributed by atoms with Crippen molar-refractivity contribution in [1.82, 2.24) is 10.3 Å². The van der Waals surface area contributed by atoms with E-state index in [1.165, 1.54) is 30.2 Å². The molecule has 20 heavy (non-hydrogen) atoms. The number of fused-ring (bicyclic) bond motifs is 1. The number of carbonyl (C=O) groups is 1. The number of carbonyl (C=O) groups excluding carboxylic acids is 1. The lowest BCUT2D eigenvalue weighted by Crippen LogP contribution is -2.24. The van der Waals surface area contributed by atoms with Crippen LogP contribution < -0.4 is 5.32 Å². The predicted molar refractivity (Wildman–Crippen MR) is 81.6 cm³/mol. The average molecular weight is 270 g/mol. The van der Waals surface area contributed by atoms with Gasteiger partial charge in [-0.25, -0.2) is 0 Å². The molecule has 1 amide bonds. The second-order valence-electron chi connectivity index (χ2n) is 5.80. The van der Waals surface area contributed by atoms with Crippen LogP contribution in [0.3, 0.4) is 0 Å². The van der Waals surface area contributed by atoms with E-state index < -0.39 is 0 Å². The maximum absolute atomic E-state index is 11.8. The highest BCUT2D eigenvalue weighted by Crippen LogP contribution is 2.33. The van der Waals surface area contributed by atoms with Crippen molar-refractivity contribution >= 4 is 16.8 Å². The first-order valence-corrected chi connectivity index (χ1v) is 7.64. The molecule has 1 aromatic carbocycles. The molecule has 1 saturated carbocycles. The van der Waals surface area contributed by atoms with Crippen molar-refractivity contribution in [2.75, 3.05) is 6.54 Å². The Kier molecular flexibility index (Phi) is 4.05. The molecule has 0 spiro atoms. The number of benzene rings is 1. The Bertz CT molecular complexity index is 583. The topological polar surface area (TPSA) is 44.9 Å². The van der Waals surface area contributed by atoms with Gasteiger partial charge in [-0.05, 0) is 36.8 Å². The van der Waals surface area contributed by atoms with Crippen LogP contribution >= 0.6 is 0 Å². The third-order valence-corrected chi connectivity index (χ3v) is 4.10. The minimum absolute atomic E-state index is 0.172. The Balaban J connectivity index is 1.42. The van der Waals surface area contributed by atoms with Crippen LogP contribution in [0.5, 0.6) is 0 Å². The summed E-state index contributed by atoms with van der Waals surface area (Å²) in [5, 5.41) is 4.26. The number of para-hydroxylation sites is 1. The van der Waals surface area contributed by atoms with E-state index in [1.807, 2.05) is 18.3 Å². The van der Waals surface area contributed by atoms with Gasteiger partial charge in [-0.1, -0.05) is 31.0 Å². The van der Waals surface area contributed by atoms with Crippen LogP contribution in [0.15, 0.2) is 30.5 Å². The smallest absolute Gasteiger partial charge is 0.220 e. The van der Waals surface area contributed by atoms with E-state index in [4.69, 9.17) is 0 Å². The molecule has 3 rings (SSSR count). The number of H-pyrrole nitrogens is 1. The highest BCUT2D eigenvalue weighted by Gasteiger charge is 2.20. The van der Waals surface area contributed by atoms with Gasteiger partial charge in [0.25, 0.3) is 0 Å². The fourth-order valence-electron chi connectivity index (χ4n) is 2.70. The zero-order chi connectivity index (χ0) is 13.8. The van der Waals surface area contributed by atoms with Gasteiger partial charge >= 0.3 is 0 Å². The van der Waals surface area contributed by atoms with Crippen LogP contribution in [0, 0.1) is 5.92 Å². The first-order chi connectivity index (χ1) is 9.83. The van der Waals surface area contributed by atoms with E-state index in [0.717, 1.165) is 30.8 Å². The van der Waals surface area contributed by atoms with Crippen LogP contribution in [0.2, 0.25) is 0 Å². The van der Waals surface area contributed by atoms with Crippen molar-refractivity contribution in [3.63, 3.8) is 0 Å². The maximum Gasteiger partial charge on any atom is 0.220 e. The molecule has 2 N–H and O–H groups in total. The van der Waals surface area contributed by atoms with E-state index in [2.05, 4.69) is 22.4 Å². The third kappa shape index (κ3) is 3.41. The summed E-state index contributed by atoms with van der Waals surface area (Å²) in [6.07, 6.45) is 8.60. The van der Waals surface area contributed by atoms with Gasteiger partial charge in [0.1, 0.15) is 0 Å². The Morgan fingerprint density at radius 2 is 2.15 bits per heavy atom. The van der Waals surface area contributed by atoms with E-state index in [1.54, 1.807) is 0 Å². The van der Waals surface area contributed by atoms with Gasteiger partial charge in [0.05, 0.1) is 0 Å². The van der Waals surface area contributed by atoms with Crippen molar-refractivity contribution in [2.24, 2.45) is 5.92 Å². The van der Waals surface area contributed by atoms with Gasteiger partial charge in [0.2, 0.25) is 5.91 Å². The summed E-state index contributed by atoms with van der Waals surface area (Å²) in [5.74, 6) is 1.13. The summed E-state index contributed by atoms with van der Waals surface area (Å²) >= 11 is 0.